The number of hydrogen-bond donors (Lipinski definition) is 1. The predicted molar refractivity (Wildman–Crippen MR) is 113 cm³/mol. The zero-order valence-corrected chi connectivity index (χ0v) is 17.7. The van der Waals surface area contributed by atoms with Crippen molar-refractivity contribution in [1.82, 2.24) is 4.31 Å². The first-order chi connectivity index (χ1) is 14.4. The molecular weight excluding hydrogens is 402 g/mol. The molecule has 1 aliphatic rings. The zero-order chi connectivity index (χ0) is 21.6. The Morgan fingerprint density at radius 3 is 2.33 bits per heavy atom. The number of rotatable bonds is 7. The summed E-state index contributed by atoms with van der Waals surface area (Å²) in [6, 6.07) is 15.7. The highest BCUT2D eigenvalue weighted by Crippen LogP contribution is 2.26. The van der Waals surface area contributed by atoms with Gasteiger partial charge in [0.1, 0.15) is 5.75 Å². The van der Waals surface area contributed by atoms with Crippen molar-refractivity contribution in [3.8, 4) is 11.8 Å². The first kappa shape index (κ1) is 21.8. The average Bonchev–Trinajstić information content (AvgIpc) is 2.76. The summed E-state index contributed by atoms with van der Waals surface area (Å²) in [7, 11) is -3.59. The molecular formula is C22H25N3O4S. The van der Waals surface area contributed by atoms with E-state index in [9.17, 15) is 13.2 Å². The fraction of sp³-hybridized carbons (Fsp3) is 0.364. The van der Waals surface area contributed by atoms with Gasteiger partial charge in [0.05, 0.1) is 24.0 Å². The molecule has 0 aromatic heterocycles. The van der Waals surface area contributed by atoms with E-state index >= 15 is 0 Å². The molecule has 8 heteroatoms. The Bertz CT molecular complexity index is 1000. The monoisotopic (exact) mass is 427 g/mol. The molecule has 0 saturated carbocycles. The third-order valence-corrected chi connectivity index (χ3v) is 7.01. The van der Waals surface area contributed by atoms with Gasteiger partial charge in [0.25, 0.3) is 0 Å². The Labute approximate surface area is 177 Å². The van der Waals surface area contributed by atoms with Crippen LogP contribution in [0.4, 0.5) is 5.69 Å². The van der Waals surface area contributed by atoms with Gasteiger partial charge in [-0.25, -0.2) is 8.42 Å². The number of amides is 1. The molecule has 1 saturated heterocycles. The molecule has 0 bridgehead atoms. The summed E-state index contributed by atoms with van der Waals surface area (Å²) in [6.07, 6.45) is 1.26. The van der Waals surface area contributed by atoms with Gasteiger partial charge in [-0.2, -0.15) is 9.57 Å². The van der Waals surface area contributed by atoms with Gasteiger partial charge in [0.2, 0.25) is 15.9 Å². The quantitative estimate of drug-likeness (QED) is 0.732. The summed E-state index contributed by atoms with van der Waals surface area (Å²) in [5, 5.41) is 11.6. The minimum absolute atomic E-state index is 0.110. The lowest BCUT2D eigenvalue weighted by molar-refractivity contribution is -0.120. The molecule has 1 heterocycles. The minimum Gasteiger partial charge on any atom is -0.494 e. The third-order valence-electron chi connectivity index (χ3n) is 5.10. The molecule has 0 radical (unpaired) electrons. The second kappa shape index (κ2) is 9.74. The Morgan fingerprint density at radius 2 is 1.77 bits per heavy atom. The molecule has 0 unspecified atom stereocenters. The van der Waals surface area contributed by atoms with E-state index in [1.807, 2.05) is 19.1 Å². The lowest BCUT2D eigenvalue weighted by Crippen LogP contribution is -2.41. The fourth-order valence-electron chi connectivity index (χ4n) is 3.42. The molecule has 1 fully saturated rings. The SMILES string of the molecule is CCOc1ccc(S(=O)(=O)N2CCC(C(=O)Nc3ccc(CC#N)cc3)CC2)cc1. The molecule has 3 rings (SSSR count). The minimum atomic E-state index is -3.59. The van der Waals surface area contributed by atoms with Crippen LogP contribution in [-0.4, -0.2) is 38.3 Å². The van der Waals surface area contributed by atoms with Crippen LogP contribution >= 0.6 is 0 Å². The van der Waals surface area contributed by atoms with Gasteiger partial charge in [-0.15, -0.1) is 0 Å². The van der Waals surface area contributed by atoms with Crippen molar-refractivity contribution in [2.24, 2.45) is 5.92 Å². The Morgan fingerprint density at radius 1 is 1.13 bits per heavy atom. The molecule has 7 nitrogen and oxygen atoms in total. The number of nitrogens with zero attached hydrogens (tertiary/aromatic N) is 2. The van der Waals surface area contributed by atoms with E-state index in [4.69, 9.17) is 10.00 Å². The van der Waals surface area contributed by atoms with Gasteiger partial charge in [-0.1, -0.05) is 12.1 Å². The first-order valence-corrected chi connectivity index (χ1v) is 11.4. The largest absolute Gasteiger partial charge is 0.494 e. The maximum absolute atomic E-state index is 12.9. The third kappa shape index (κ3) is 5.17. The van der Waals surface area contributed by atoms with E-state index in [0.717, 1.165) is 5.56 Å². The topological polar surface area (TPSA) is 99.5 Å². The molecule has 1 amide bonds. The number of benzene rings is 2. The van der Waals surface area contributed by atoms with Crippen molar-refractivity contribution < 1.29 is 17.9 Å². The number of nitrogens with one attached hydrogen (secondary N) is 1. The molecule has 0 spiro atoms. The molecule has 1 N–H and O–H groups in total. The smallest absolute Gasteiger partial charge is 0.243 e. The zero-order valence-electron chi connectivity index (χ0n) is 16.9. The highest BCUT2D eigenvalue weighted by Gasteiger charge is 2.32. The van der Waals surface area contributed by atoms with Crippen molar-refractivity contribution in [2.75, 3.05) is 25.0 Å². The number of hydrogen-bond acceptors (Lipinski definition) is 5. The van der Waals surface area contributed by atoms with E-state index < -0.39 is 10.0 Å². The van der Waals surface area contributed by atoms with Crippen molar-refractivity contribution in [2.45, 2.75) is 31.1 Å². The number of nitriles is 1. The lowest BCUT2D eigenvalue weighted by atomic mass is 9.97. The number of carbonyl (C=O) groups excluding carboxylic acids is 1. The fourth-order valence-corrected chi connectivity index (χ4v) is 4.89. The number of anilines is 1. The van der Waals surface area contributed by atoms with Crippen LogP contribution in [0, 0.1) is 17.2 Å². The van der Waals surface area contributed by atoms with Crippen molar-refractivity contribution in [3.05, 3.63) is 54.1 Å². The standard InChI is InChI=1S/C22H25N3O4S/c1-2-29-20-7-9-21(10-8-20)30(27,28)25-15-12-18(13-16-25)22(26)24-19-5-3-17(4-6-19)11-14-23/h3-10,18H,2,11-13,15-16H2,1H3,(H,24,26). The van der Waals surface area contributed by atoms with Crippen LogP contribution in [0.25, 0.3) is 0 Å². The molecule has 30 heavy (non-hydrogen) atoms. The number of piperidine rings is 1. The van der Waals surface area contributed by atoms with Crippen LogP contribution < -0.4 is 10.1 Å². The molecule has 0 aliphatic carbocycles. The van der Waals surface area contributed by atoms with Gasteiger partial charge in [0.15, 0.2) is 0 Å². The molecule has 2 aromatic carbocycles. The van der Waals surface area contributed by atoms with E-state index in [2.05, 4.69) is 11.4 Å². The number of sulfonamides is 1. The Hall–Kier alpha value is -2.89. The van der Waals surface area contributed by atoms with Gasteiger partial charge >= 0.3 is 0 Å². The summed E-state index contributed by atoms with van der Waals surface area (Å²) in [6.45, 7) is 2.99. The molecule has 0 atom stereocenters. The van der Waals surface area contributed by atoms with E-state index in [1.165, 1.54) is 4.31 Å². The predicted octanol–water partition coefficient (Wildman–Crippen LogP) is 3.19. The van der Waals surface area contributed by atoms with E-state index in [0.29, 0.717) is 50.4 Å². The van der Waals surface area contributed by atoms with E-state index in [1.54, 1.807) is 36.4 Å². The molecule has 1 aliphatic heterocycles. The number of carbonyl (C=O) groups is 1. The van der Waals surface area contributed by atoms with Crippen molar-refractivity contribution >= 4 is 21.6 Å². The van der Waals surface area contributed by atoms with Crippen LogP contribution in [0.3, 0.4) is 0 Å². The highest BCUT2D eigenvalue weighted by molar-refractivity contribution is 7.89. The van der Waals surface area contributed by atoms with Gasteiger partial charge in [-0.3, -0.25) is 4.79 Å². The van der Waals surface area contributed by atoms with Crippen molar-refractivity contribution in [3.63, 3.8) is 0 Å². The van der Waals surface area contributed by atoms with E-state index in [-0.39, 0.29) is 16.7 Å². The normalized spacial score (nSPS) is 15.3. The lowest BCUT2D eigenvalue weighted by Gasteiger charge is -2.30. The maximum Gasteiger partial charge on any atom is 0.243 e. The van der Waals surface area contributed by atoms with Crippen LogP contribution in [-0.2, 0) is 21.2 Å². The summed E-state index contributed by atoms with van der Waals surface area (Å²) in [5.74, 6) is 0.282. The first-order valence-electron chi connectivity index (χ1n) is 9.94. The summed E-state index contributed by atoms with van der Waals surface area (Å²) < 4.78 is 32.5. The summed E-state index contributed by atoms with van der Waals surface area (Å²) in [5.41, 5.74) is 1.56. The van der Waals surface area contributed by atoms with Gasteiger partial charge in [0, 0.05) is 24.7 Å². The van der Waals surface area contributed by atoms with Crippen LogP contribution in [0.1, 0.15) is 25.3 Å². The summed E-state index contributed by atoms with van der Waals surface area (Å²) in [4.78, 5) is 12.8. The molecule has 158 valence electrons. The second-order valence-corrected chi connectivity index (χ2v) is 9.04. The van der Waals surface area contributed by atoms with Crippen LogP contribution in [0.15, 0.2) is 53.4 Å². The second-order valence-electron chi connectivity index (χ2n) is 7.10. The van der Waals surface area contributed by atoms with Crippen LogP contribution in [0.5, 0.6) is 5.75 Å². The Balaban J connectivity index is 1.56. The molecule has 2 aromatic rings. The van der Waals surface area contributed by atoms with Crippen LogP contribution in [0.2, 0.25) is 0 Å². The average molecular weight is 428 g/mol. The maximum atomic E-state index is 12.9. The number of ether oxygens (including phenoxy) is 1. The van der Waals surface area contributed by atoms with Crippen molar-refractivity contribution in [1.29, 1.82) is 5.26 Å². The highest BCUT2D eigenvalue weighted by atomic mass is 32.2. The van der Waals surface area contributed by atoms with Gasteiger partial charge in [-0.05, 0) is 61.7 Å². The summed E-state index contributed by atoms with van der Waals surface area (Å²) >= 11 is 0. The Kier molecular flexibility index (Phi) is 7.08. The van der Waals surface area contributed by atoms with Gasteiger partial charge < -0.3 is 10.1 Å².